The first-order valence-corrected chi connectivity index (χ1v) is 21.4. The van der Waals surface area contributed by atoms with E-state index in [1.807, 2.05) is 0 Å². The van der Waals surface area contributed by atoms with Gasteiger partial charge in [0.25, 0.3) is 0 Å². The van der Waals surface area contributed by atoms with Gasteiger partial charge in [0.1, 0.15) is 0 Å². The minimum atomic E-state index is -1.55. The molecule has 36 heavy (non-hydrogen) atoms. The maximum Gasteiger partial charge on any atom is 0.0786 e. The van der Waals surface area contributed by atoms with Gasteiger partial charge in [-0.3, -0.25) is 0 Å². The molecule has 0 saturated heterocycles. The molecule has 0 aromatic rings. The van der Waals surface area contributed by atoms with Crippen molar-refractivity contribution in [3.63, 3.8) is 0 Å². The fraction of sp³-hybridized carbons (Fsp3) is 1.00. The first-order chi connectivity index (χ1) is 16.8. The van der Waals surface area contributed by atoms with Gasteiger partial charge in [-0.05, 0) is 25.7 Å². The van der Waals surface area contributed by atoms with Crippen LogP contribution in [0.4, 0.5) is 0 Å². The molecule has 0 N–H and O–H groups in total. The van der Waals surface area contributed by atoms with Crippen LogP contribution in [0, 0.1) is 0 Å². The van der Waals surface area contributed by atoms with Gasteiger partial charge < -0.3 is 21.5 Å². The van der Waals surface area contributed by atoms with Crippen LogP contribution in [-0.2, 0) is 0 Å². The fourth-order valence-corrected chi connectivity index (χ4v) is 14.3. The summed E-state index contributed by atoms with van der Waals surface area (Å²) in [6.07, 6.45) is 28.2. The molecule has 0 heterocycles. The summed E-state index contributed by atoms with van der Waals surface area (Å²) in [4.78, 5) is 0. The van der Waals surface area contributed by atoms with Gasteiger partial charge in [0.15, 0.2) is 0 Å². The molecule has 0 aromatic carbocycles. The van der Waals surface area contributed by atoms with Crippen molar-refractivity contribution in [3.05, 3.63) is 0 Å². The Morgan fingerprint density at radius 3 is 0.750 bits per heavy atom. The standard InChI is InChI=1S/C16H36BrP.C16H36N.BrH/c1-5-9-13-18(17,14-10-6-2,15-11-7-3)16-12-8-4;1-5-9-13-17(14-10-6-2,15-11-7-3)16-12-8-4;/h5-16H2,1-4H3;5-16H2,1-4H3;1H/q;+1;/p-1. The molecule has 224 valence electrons. The second kappa shape index (κ2) is 26.6. The van der Waals surface area contributed by atoms with E-state index in [0.717, 1.165) is 0 Å². The largest absolute Gasteiger partial charge is 1.00 e. The molecule has 0 saturated carbocycles. The second-order valence-electron chi connectivity index (χ2n) is 11.8. The van der Waals surface area contributed by atoms with E-state index >= 15 is 0 Å². The SMILES string of the molecule is CCCCP(Br)(CCCC)(CCCC)CCCC.CCCC[N+](CCCC)(CCCC)CCCC.[Br-]. The Morgan fingerprint density at radius 2 is 0.583 bits per heavy atom. The number of nitrogens with zero attached hydrogens (tertiary/aromatic N) is 1. The Hall–Kier alpha value is 1.35. The van der Waals surface area contributed by atoms with E-state index in [2.05, 4.69) is 70.9 Å². The van der Waals surface area contributed by atoms with E-state index in [0.29, 0.717) is 0 Å². The van der Waals surface area contributed by atoms with Crippen LogP contribution in [0.25, 0.3) is 0 Å². The zero-order chi connectivity index (χ0) is 26.9. The summed E-state index contributed by atoms with van der Waals surface area (Å²) in [6, 6.07) is 0. The summed E-state index contributed by atoms with van der Waals surface area (Å²) in [7, 11) is 0. The van der Waals surface area contributed by atoms with Crippen LogP contribution in [0.5, 0.6) is 0 Å². The quantitative estimate of drug-likeness (QED) is 0.0716. The number of unbranched alkanes of at least 4 members (excludes halogenated alkanes) is 8. The minimum Gasteiger partial charge on any atom is -1.00 e. The van der Waals surface area contributed by atoms with E-state index in [4.69, 9.17) is 0 Å². The smallest absolute Gasteiger partial charge is 0.0786 e. The number of quaternary nitrogens is 1. The minimum absolute atomic E-state index is 0. The van der Waals surface area contributed by atoms with Gasteiger partial charge in [-0.1, -0.05) is 53.4 Å². The van der Waals surface area contributed by atoms with Gasteiger partial charge >= 0.3 is 125 Å². The van der Waals surface area contributed by atoms with Crippen LogP contribution in [0.2, 0.25) is 0 Å². The van der Waals surface area contributed by atoms with Crippen molar-refractivity contribution in [2.24, 2.45) is 0 Å². The van der Waals surface area contributed by atoms with Crippen molar-refractivity contribution < 1.29 is 21.5 Å². The molecule has 0 amide bonds. The summed E-state index contributed by atoms with van der Waals surface area (Å²) in [5.74, 6) is 0. The van der Waals surface area contributed by atoms with Gasteiger partial charge in [-0.15, -0.1) is 0 Å². The molecular weight excluding hydrogens is 589 g/mol. The molecule has 1 nitrogen and oxygen atoms in total. The second-order valence-corrected chi connectivity index (χ2v) is 23.2. The molecule has 0 atom stereocenters. The van der Waals surface area contributed by atoms with Crippen LogP contribution < -0.4 is 17.0 Å². The molecule has 4 heteroatoms. The summed E-state index contributed by atoms with van der Waals surface area (Å²) in [5, 5.41) is -1.55. The zero-order valence-corrected chi connectivity index (χ0v) is 30.7. The van der Waals surface area contributed by atoms with Gasteiger partial charge in [-0.25, -0.2) is 0 Å². The van der Waals surface area contributed by atoms with Crippen molar-refractivity contribution in [1.82, 2.24) is 0 Å². The van der Waals surface area contributed by atoms with Crippen LogP contribution in [0.1, 0.15) is 158 Å². The summed E-state index contributed by atoms with van der Waals surface area (Å²) < 4.78 is 1.42. The monoisotopic (exact) mass is 659 g/mol. The van der Waals surface area contributed by atoms with Crippen molar-refractivity contribution in [1.29, 1.82) is 0 Å². The Bertz CT molecular complexity index is 363. The maximum atomic E-state index is 4.43. The van der Waals surface area contributed by atoms with E-state index < -0.39 is 5.31 Å². The summed E-state index contributed by atoms with van der Waals surface area (Å²) >= 11 is 4.43. The Balaban J connectivity index is -0.000000590. The molecule has 0 spiro atoms. The Kier molecular flexibility index (Phi) is 30.9. The van der Waals surface area contributed by atoms with E-state index in [9.17, 15) is 0 Å². The van der Waals surface area contributed by atoms with Crippen molar-refractivity contribution in [3.8, 4) is 0 Å². The van der Waals surface area contributed by atoms with E-state index in [1.54, 1.807) is 0 Å². The number of halogens is 2. The van der Waals surface area contributed by atoms with E-state index in [-0.39, 0.29) is 17.0 Å². The van der Waals surface area contributed by atoms with Crippen LogP contribution in [0.3, 0.4) is 0 Å². The van der Waals surface area contributed by atoms with Crippen molar-refractivity contribution >= 4 is 20.8 Å². The first kappa shape index (κ1) is 41.8. The van der Waals surface area contributed by atoms with Crippen molar-refractivity contribution in [2.45, 2.75) is 158 Å². The van der Waals surface area contributed by atoms with Gasteiger partial charge in [0.2, 0.25) is 0 Å². The zero-order valence-electron chi connectivity index (χ0n) is 26.6. The van der Waals surface area contributed by atoms with Crippen LogP contribution in [-0.4, -0.2) is 55.3 Å². The summed E-state index contributed by atoms with van der Waals surface area (Å²) in [5.41, 5.74) is 0. The summed E-state index contributed by atoms with van der Waals surface area (Å²) in [6.45, 7) is 24.4. The Labute approximate surface area is 250 Å². The van der Waals surface area contributed by atoms with E-state index in [1.165, 1.54) is 158 Å². The Morgan fingerprint density at radius 1 is 0.389 bits per heavy atom. The number of hydrogen-bond acceptors (Lipinski definition) is 0. The van der Waals surface area contributed by atoms with Crippen LogP contribution in [0.15, 0.2) is 0 Å². The third-order valence-electron chi connectivity index (χ3n) is 8.23. The molecule has 0 aliphatic carbocycles. The van der Waals surface area contributed by atoms with Gasteiger partial charge in [0, 0.05) is 0 Å². The first-order valence-electron chi connectivity index (χ1n) is 16.4. The molecule has 0 aliphatic heterocycles. The average Bonchev–Trinajstić information content (AvgIpc) is 2.88. The topological polar surface area (TPSA) is 0 Å². The molecule has 0 aromatic heterocycles. The molecular formula is C32H72Br2NP. The predicted octanol–water partition coefficient (Wildman–Crippen LogP) is 9.06. The molecule has 0 rings (SSSR count). The maximum absolute atomic E-state index is 4.43. The molecule has 0 radical (unpaired) electrons. The molecule has 0 bridgehead atoms. The van der Waals surface area contributed by atoms with Crippen LogP contribution >= 0.6 is 20.8 Å². The third-order valence-corrected chi connectivity index (χ3v) is 18.2. The fourth-order valence-electron chi connectivity index (χ4n) is 5.53. The van der Waals surface area contributed by atoms with Gasteiger partial charge in [0.05, 0.1) is 26.2 Å². The predicted molar refractivity (Wildman–Crippen MR) is 174 cm³/mol. The normalized spacial score (nSPS) is 12.9. The average molecular weight is 662 g/mol. The number of rotatable bonds is 24. The molecule has 0 fully saturated rings. The third kappa shape index (κ3) is 20.3. The number of hydrogen-bond donors (Lipinski definition) is 0. The van der Waals surface area contributed by atoms with Gasteiger partial charge in [-0.2, -0.15) is 0 Å². The molecule has 0 unspecified atom stereocenters. The molecule has 0 aliphatic rings. The van der Waals surface area contributed by atoms with Crippen molar-refractivity contribution in [2.75, 3.05) is 50.8 Å².